The first kappa shape index (κ1) is 15.7. The Morgan fingerprint density at radius 2 is 1.90 bits per heavy atom. The van der Waals surface area contributed by atoms with E-state index in [1.54, 1.807) is 18.5 Å². The van der Waals surface area contributed by atoms with Crippen molar-refractivity contribution in [2.24, 2.45) is 0 Å². The molecule has 1 aromatic carbocycles. The van der Waals surface area contributed by atoms with Gasteiger partial charge in [0, 0.05) is 18.4 Å². The Bertz CT molecular complexity index is 642. The van der Waals surface area contributed by atoms with E-state index >= 15 is 0 Å². The van der Waals surface area contributed by atoms with Crippen molar-refractivity contribution in [1.82, 2.24) is 9.71 Å². The monoisotopic (exact) mass is 304 g/mol. The second kappa shape index (κ2) is 7.33. The van der Waals surface area contributed by atoms with Gasteiger partial charge in [-0.05, 0) is 37.0 Å². The number of hydrogen-bond acceptors (Lipinski definition) is 3. The molecule has 0 saturated heterocycles. The predicted molar refractivity (Wildman–Crippen MR) is 84.3 cm³/mol. The van der Waals surface area contributed by atoms with Crippen LogP contribution in [-0.2, 0) is 16.4 Å². The molecule has 0 radical (unpaired) electrons. The van der Waals surface area contributed by atoms with Gasteiger partial charge < -0.3 is 0 Å². The van der Waals surface area contributed by atoms with Crippen LogP contribution in [0.3, 0.4) is 0 Å². The van der Waals surface area contributed by atoms with Crippen molar-refractivity contribution in [1.29, 1.82) is 0 Å². The van der Waals surface area contributed by atoms with Crippen LogP contribution in [-0.4, -0.2) is 19.2 Å². The largest absolute Gasteiger partial charge is 0.264 e. The molecule has 0 amide bonds. The molecule has 0 fully saturated rings. The highest BCUT2D eigenvalue weighted by molar-refractivity contribution is 7.89. The molecule has 112 valence electrons. The first-order chi connectivity index (χ1) is 10.1. The summed E-state index contributed by atoms with van der Waals surface area (Å²) in [6.45, 7) is 1.83. The highest BCUT2D eigenvalue weighted by Crippen LogP contribution is 2.12. The Morgan fingerprint density at radius 3 is 2.57 bits per heavy atom. The molecule has 0 aliphatic rings. The average molecular weight is 304 g/mol. The van der Waals surface area contributed by atoms with E-state index in [4.69, 9.17) is 0 Å². The smallest absolute Gasteiger partial charge is 0.212 e. The summed E-state index contributed by atoms with van der Waals surface area (Å²) in [5.41, 5.74) is 2.03. The first-order valence-corrected chi connectivity index (χ1v) is 8.66. The minimum atomic E-state index is -3.28. The number of nitrogens with zero attached hydrogens (tertiary/aromatic N) is 1. The van der Waals surface area contributed by atoms with Gasteiger partial charge in [-0.2, -0.15) is 0 Å². The van der Waals surface area contributed by atoms with Crippen molar-refractivity contribution in [2.75, 3.05) is 5.75 Å². The van der Waals surface area contributed by atoms with Crippen molar-refractivity contribution < 1.29 is 8.42 Å². The van der Waals surface area contributed by atoms with Crippen LogP contribution in [0.25, 0.3) is 0 Å². The predicted octanol–water partition coefficient (Wildman–Crippen LogP) is 2.69. The molecule has 2 rings (SSSR count). The van der Waals surface area contributed by atoms with E-state index in [0.717, 1.165) is 17.5 Å². The molecule has 4 nitrogen and oxygen atoms in total. The summed E-state index contributed by atoms with van der Waals surface area (Å²) < 4.78 is 26.8. The molecule has 0 saturated carbocycles. The van der Waals surface area contributed by atoms with Gasteiger partial charge in [0.2, 0.25) is 10.0 Å². The van der Waals surface area contributed by atoms with Gasteiger partial charge in [-0.25, -0.2) is 13.1 Å². The summed E-state index contributed by atoms with van der Waals surface area (Å²) in [6, 6.07) is 13.3. The second-order valence-corrected chi connectivity index (χ2v) is 6.91. The quantitative estimate of drug-likeness (QED) is 0.855. The van der Waals surface area contributed by atoms with E-state index in [0.29, 0.717) is 6.42 Å². The molecule has 0 aliphatic heterocycles. The maximum atomic E-state index is 12.1. The van der Waals surface area contributed by atoms with Crippen LogP contribution < -0.4 is 4.72 Å². The minimum absolute atomic E-state index is 0.131. The van der Waals surface area contributed by atoms with E-state index in [-0.39, 0.29) is 11.8 Å². The number of aryl methyl sites for hydroxylation is 1. The molecular weight excluding hydrogens is 284 g/mol. The molecule has 0 bridgehead atoms. The Balaban J connectivity index is 1.85. The van der Waals surface area contributed by atoms with Crippen molar-refractivity contribution in [3.05, 3.63) is 66.0 Å². The van der Waals surface area contributed by atoms with Crippen molar-refractivity contribution in [2.45, 2.75) is 25.8 Å². The van der Waals surface area contributed by atoms with Gasteiger partial charge in [0.05, 0.1) is 5.75 Å². The average Bonchev–Trinajstić information content (AvgIpc) is 2.48. The van der Waals surface area contributed by atoms with Gasteiger partial charge in [0.15, 0.2) is 0 Å². The zero-order valence-corrected chi connectivity index (χ0v) is 12.9. The Kier molecular flexibility index (Phi) is 5.47. The van der Waals surface area contributed by atoms with E-state index in [1.165, 1.54) is 0 Å². The fourth-order valence-electron chi connectivity index (χ4n) is 2.14. The van der Waals surface area contributed by atoms with Crippen LogP contribution in [0.15, 0.2) is 54.9 Å². The third-order valence-electron chi connectivity index (χ3n) is 3.26. The highest BCUT2D eigenvalue weighted by atomic mass is 32.2. The standard InChI is InChI=1S/C16H20N2O2S/c1-14(16-10-5-11-17-13-16)18-21(19,20)12-6-9-15-7-3-2-4-8-15/h2-5,7-8,10-11,13-14,18H,6,9,12H2,1H3. The third-order valence-corrected chi connectivity index (χ3v) is 4.80. The lowest BCUT2D eigenvalue weighted by molar-refractivity contribution is 0.564. The number of benzene rings is 1. The van der Waals surface area contributed by atoms with Crippen LogP contribution >= 0.6 is 0 Å². The van der Waals surface area contributed by atoms with Crippen molar-refractivity contribution in [3.8, 4) is 0 Å². The summed E-state index contributed by atoms with van der Waals surface area (Å²) in [5.74, 6) is 0.131. The molecule has 5 heteroatoms. The summed E-state index contributed by atoms with van der Waals surface area (Å²) in [5, 5.41) is 0. The Morgan fingerprint density at radius 1 is 1.14 bits per heavy atom. The molecule has 0 spiro atoms. The molecule has 1 heterocycles. The number of sulfonamides is 1. The van der Waals surface area contributed by atoms with Gasteiger partial charge in [0.25, 0.3) is 0 Å². The van der Waals surface area contributed by atoms with E-state index in [1.807, 2.05) is 43.3 Å². The van der Waals surface area contributed by atoms with Crippen molar-refractivity contribution >= 4 is 10.0 Å². The van der Waals surface area contributed by atoms with E-state index in [2.05, 4.69) is 9.71 Å². The summed E-state index contributed by atoms with van der Waals surface area (Å²) >= 11 is 0. The maximum absolute atomic E-state index is 12.1. The van der Waals surface area contributed by atoms with E-state index in [9.17, 15) is 8.42 Å². The Hall–Kier alpha value is -1.72. The third kappa shape index (κ3) is 5.28. The van der Waals surface area contributed by atoms with Gasteiger partial charge in [0.1, 0.15) is 0 Å². The molecule has 2 aromatic rings. The Labute approximate surface area is 126 Å². The number of hydrogen-bond donors (Lipinski definition) is 1. The van der Waals surface area contributed by atoms with Crippen LogP contribution in [0, 0.1) is 0 Å². The maximum Gasteiger partial charge on any atom is 0.212 e. The molecular formula is C16H20N2O2S. The lowest BCUT2D eigenvalue weighted by Gasteiger charge is -2.14. The topological polar surface area (TPSA) is 59.1 Å². The van der Waals surface area contributed by atoms with E-state index < -0.39 is 10.0 Å². The van der Waals surface area contributed by atoms with Gasteiger partial charge >= 0.3 is 0 Å². The second-order valence-electron chi connectivity index (χ2n) is 5.03. The minimum Gasteiger partial charge on any atom is -0.264 e. The fourth-order valence-corrected chi connectivity index (χ4v) is 3.46. The first-order valence-electron chi connectivity index (χ1n) is 7.01. The van der Waals surface area contributed by atoms with Gasteiger partial charge in [-0.15, -0.1) is 0 Å². The van der Waals surface area contributed by atoms with Crippen molar-refractivity contribution in [3.63, 3.8) is 0 Å². The summed E-state index contributed by atoms with van der Waals surface area (Å²) in [4.78, 5) is 4.00. The number of pyridine rings is 1. The molecule has 1 aromatic heterocycles. The summed E-state index contributed by atoms with van der Waals surface area (Å²) in [6.07, 6.45) is 4.73. The van der Waals surface area contributed by atoms with Crippen LogP contribution in [0.5, 0.6) is 0 Å². The lowest BCUT2D eigenvalue weighted by atomic mass is 10.1. The lowest BCUT2D eigenvalue weighted by Crippen LogP contribution is -2.29. The van der Waals surface area contributed by atoms with Gasteiger partial charge in [-0.1, -0.05) is 36.4 Å². The van der Waals surface area contributed by atoms with Crippen LogP contribution in [0.2, 0.25) is 0 Å². The zero-order chi connectivity index (χ0) is 15.1. The van der Waals surface area contributed by atoms with Crippen LogP contribution in [0.1, 0.15) is 30.5 Å². The van der Waals surface area contributed by atoms with Gasteiger partial charge in [-0.3, -0.25) is 4.98 Å². The molecule has 0 aliphatic carbocycles. The van der Waals surface area contributed by atoms with Crippen LogP contribution in [0.4, 0.5) is 0 Å². The highest BCUT2D eigenvalue weighted by Gasteiger charge is 2.15. The normalized spacial score (nSPS) is 13.0. The fraction of sp³-hybridized carbons (Fsp3) is 0.312. The number of rotatable bonds is 7. The zero-order valence-electron chi connectivity index (χ0n) is 12.1. The SMILES string of the molecule is CC(NS(=O)(=O)CCCc1ccccc1)c1cccnc1. The molecule has 21 heavy (non-hydrogen) atoms. The summed E-state index contributed by atoms with van der Waals surface area (Å²) in [7, 11) is -3.28. The number of aromatic nitrogens is 1. The number of nitrogens with one attached hydrogen (secondary N) is 1. The molecule has 1 N–H and O–H groups in total. The molecule has 1 atom stereocenters. The molecule has 1 unspecified atom stereocenters.